The number of likely N-dealkylation sites (N-methyl/N-ethyl adjacent to an activating group) is 1. The van der Waals surface area contributed by atoms with Gasteiger partial charge in [0.05, 0.1) is 11.4 Å². The lowest BCUT2D eigenvalue weighted by Crippen LogP contribution is -2.49. The van der Waals surface area contributed by atoms with Crippen LogP contribution in [0.3, 0.4) is 0 Å². The first-order valence-corrected chi connectivity index (χ1v) is 11.9. The second-order valence-electron chi connectivity index (χ2n) is 7.33. The summed E-state index contributed by atoms with van der Waals surface area (Å²) < 4.78 is 1.80. The fourth-order valence-corrected chi connectivity index (χ4v) is 3.95. The number of thioether (sulfide) groups is 1. The molecule has 0 saturated carbocycles. The molecule has 0 bridgehead atoms. The number of aromatic nitrogens is 2. The zero-order chi connectivity index (χ0) is 23.1. The number of para-hydroxylation sites is 1. The van der Waals surface area contributed by atoms with Gasteiger partial charge in [0.25, 0.3) is 0 Å². The van der Waals surface area contributed by atoms with Crippen LogP contribution in [0.1, 0.15) is 12.0 Å². The standard InChI is InChI=1S/C23H26ClN5O2S/c1-28(22(30)20(12-13-32-2)26-23(25)31)14-17-15-29(19-6-4-3-5-7-19)27-21(17)16-8-10-18(24)11-9-16/h3-11,15,20H,12-14H2,1-2H3,(H3,25,26,31). The minimum absolute atomic E-state index is 0.202. The number of halogens is 1. The monoisotopic (exact) mass is 471 g/mol. The Morgan fingerprint density at radius 3 is 2.50 bits per heavy atom. The van der Waals surface area contributed by atoms with Crippen LogP contribution >= 0.6 is 23.4 Å². The highest BCUT2D eigenvalue weighted by Crippen LogP contribution is 2.26. The van der Waals surface area contributed by atoms with Crippen LogP contribution in [0.4, 0.5) is 4.79 Å². The molecule has 1 unspecified atom stereocenters. The molecule has 1 atom stereocenters. The SMILES string of the molecule is CSCCC(NC(N)=O)C(=O)N(C)Cc1cn(-c2ccccc2)nc1-c1ccc(Cl)cc1. The summed E-state index contributed by atoms with van der Waals surface area (Å²) in [6.45, 7) is 0.319. The minimum Gasteiger partial charge on any atom is -0.352 e. The molecule has 3 rings (SSSR count). The lowest BCUT2D eigenvalue weighted by Gasteiger charge is -2.24. The Morgan fingerprint density at radius 1 is 1.19 bits per heavy atom. The first kappa shape index (κ1) is 23.7. The number of nitrogens with two attached hydrogens (primary N) is 1. The number of hydrogen-bond donors (Lipinski definition) is 2. The molecule has 7 nitrogen and oxygen atoms in total. The number of nitrogens with one attached hydrogen (secondary N) is 1. The lowest BCUT2D eigenvalue weighted by molar-refractivity contribution is -0.132. The molecule has 3 aromatic rings. The fraction of sp³-hybridized carbons (Fsp3) is 0.261. The Hall–Kier alpha value is -2.97. The summed E-state index contributed by atoms with van der Waals surface area (Å²) in [4.78, 5) is 26.0. The van der Waals surface area contributed by atoms with E-state index < -0.39 is 12.1 Å². The molecule has 1 heterocycles. The van der Waals surface area contributed by atoms with Crippen molar-refractivity contribution in [1.29, 1.82) is 0 Å². The second-order valence-corrected chi connectivity index (χ2v) is 8.75. The van der Waals surface area contributed by atoms with E-state index in [9.17, 15) is 9.59 Å². The summed E-state index contributed by atoms with van der Waals surface area (Å²) >= 11 is 7.66. The third-order valence-corrected chi connectivity index (χ3v) is 5.83. The van der Waals surface area contributed by atoms with Gasteiger partial charge in [-0.3, -0.25) is 4.79 Å². The van der Waals surface area contributed by atoms with E-state index in [1.807, 2.05) is 67.0 Å². The number of carbonyl (C=O) groups excluding carboxylic acids is 2. The molecule has 32 heavy (non-hydrogen) atoms. The Bertz CT molecular complexity index is 1060. The van der Waals surface area contributed by atoms with Gasteiger partial charge in [-0.05, 0) is 42.7 Å². The number of carbonyl (C=O) groups is 2. The zero-order valence-electron chi connectivity index (χ0n) is 18.0. The van der Waals surface area contributed by atoms with Crippen LogP contribution in [0.25, 0.3) is 16.9 Å². The van der Waals surface area contributed by atoms with Crippen molar-refractivity contribution < 1.29 is 9.59 Å². The van der Waals surface area contributed by atoms with E-state index in [-0.39, 0.29) is 5.91 Å². The topological polar surface area (TPSA) is 93.2 Å². The molecule has 0 saturated heterocycles. The highest BCUT2D eigenvalue weighted by atomic mass is 35.5. The number of rotatable bonds is 9. The van der Waals surface area contributed by atoms with Crippen LogP contribution in [0.15, 0.2) is 60.8 Å². The van der Waals surface area contributed by atoms with Gasteiger partial charge in [-0.1, -0.05) is 41.9 Å². The fourth-order valence-electron chi connectivity index (χ4n) is 3.35. The van der Waals surface area contributed by atoms with E-state index in [0.717, 1.165) is 28.3 Å². The number of hydrogen-bond acceptors (Lipinski definition) is 4. The van der Waals surface area contributed by atoms with Crippen molar-refractivity contribution in [3.05, 3.63) is 71.4 Å². The molecular weight excluding hydrogens is 446 g/mol. The Morgan fingerprint density at radius 2 is 1.88 bits per heavy atom. The van der Waals surface area contributed by atoms with Crippen LogP contribution in [-0.2, 0) is 11.3 Å². The predicted octanol–water partition coefficient (Wildman–Crippen LogP) is 3.94. The normalized spacial score (nSPS) is 11.7. The average molecular weight is 472 g/mol. The van der Waals surface area contributed by atoms with Gasteiger partial charge in [0, 0.05) is 35.9 Å². The summed E-state index contributed by atoms with van der Waals surface area (Å²) in [5, 5.41) is 7.98. The zero-order valence-corrected chi connectivity index (χ0v) is 19.6. The Balaban J connectivity index is 1.91. The van der Waals surface area contributed by atoms with Crippen molar-refractivity contribution >= 4 is 35.3 Å². The van der Waals surface area contributed by atoms with Crippen molar-refractivity contribution in [3.63, 3.8) is 0 Å². The van der Waals surface area contributed by atoms with Crippen LogP contribution < -0.4 is 11.1 Å². The maximum absolute atomic E-state index is 13.1. The molecule has 0 aliphatic rings. The van der Waals surface area contributed by atoms with Gasteiger partial charge in [-0.15, -0.1) is 0 Å². The molecule has 0 fully saturated rings. The third kappa shape index (κ3) is 6.05. The molecule has 3 amide bonds. The largest absolute Gasteiger partial charge is 0.352 e. The third-order valence-electron chi connectivity index (χ3n) is 4.94. The van der Waals surface area contributed by atoms with E-state index in [4.69, 9.17) is 22.4 Å². The predicted molar refractivity (Wildman–Crippen MR) is 130 cm³/mol. The number of primary amides is 1. The first-order valence-electron chi connectivity index (χ1n) is 10.1. The Labute approximate surface area is 196 Å². The molecular formula is C23H26ClN5O2S. The van der Waals surface area contributed by atoms with Gasteiger partial charge < -0.3 is 16.0 Å². The molecule has 168 valence electrons. The number of urea groups is 1. The van der Waals surface area contributed by atoms with Crippen LogP contribution in [0.2, 0.25) is 5.02 Å². The number of amides is 3. The minimum atomic E-state index is -0.711. The summed E-state index contributed by atoms with van der Waals surface area (Å²) in [5.41, 5.74) is 8.72. The molecule has 9 heteroatoms. The van der Waals surface area contributed by atoms with E-state index in [1.54, 1.807) is 28.4 Å². The summed E-state index contributed by atoms with van der Waals surface area (Å²) in [5.74, 6) is 0.527. The van der Waals surface area contributed by atoms with Crippen LogP contribution in [-0.4, -0.2) is 51.7 Å². The van der Waals surface area contributed by atoms with Gasteiger partial charge in [0.2, 0.25) is 5.91 Å². The summed E-state index contributed by atoms with van der Waals surface area (Å²) in [7, 11) is 1.71. The Kier molecular flexibility index (Phi) is 8.19. The van der Waals surface area contributed by atoms with Gasteiger partial charge in [0.1, 0.15) is 6.04 Å². The smallest absolute Gasteiger partial charge is 0.312 e. The highest BCUT2D eigenvalue weighted by Gasteiger charge is 2.24. The van der Waals surface area contributed by atoms with E-state index >= 15 is 0 Å². The average Bonchev–Trinajstić information content (AvgIpc) is 3.20. The van der Waals surface area contributed by atoms with Gasteiger partial charge in [-0.2, -0.15) is 16.9 Å². The number of benzene rings is 2. The van der Waals surface area contributed by atoms with Crippen LogP contribution in [0, 0.1) is 0 Å². The van der Waals surface area contributed by atoms with Gasteiger partial charge >= 0.3 is 6.03 Å². The van der Waals surface area contributed by atoms with E-state index in [1.165, 1.54) is 0 Å². The van der Waals surface area contributed by atoms with Crippen LogP contribution in [0.5, 0.6) is 0 Å². The maximum atomic E-state index is 13.1. The molecule has 0 spiro atoms. The molecule has 3 N–H and O–H groups in total. The van der Waals surface area contributed by atoms with E-state index in [0.29, 0.717) is 18.0 Å². The molecule has 0 radical (unpaired) electrons. The molecule has 0 aliphatic heterocycles. The van der Waals surface area contributed by atoms with E-state index in [2.05, 4.69) is 5.32 Å². The van der Waals surface area contributed by atoms with Crippen molar-refractivity contribution in [2.75, 3.05) is 19.1 Å². The lowest BCUT2D eigenvalue weighted by atomic mass is 10.1. The summed E-state index contributed by atoms with van der Waals surface area (Å²) in [6, 6.07) is 15.8. The maximum Gasteiger partial charge on any atom is 0.312 e. The molecule has 0 aliphatic carbocycles. The van der Waals surface area contributed by atoms with Crippen molar-refractivity contribution in [3.8, 4) is 16.9 Å². The summed E-state index contributed by atoms with van der Waals surface area (Å²) in [6.07, 6.45) is 4.37. The highest BCUT2D eigenvalue weighted by molar-refractivity contribution is 7.98. The van der Waals surface area contributed by atoms with Gasteiger partial charge in [-0.25, -0.2) is 9.48 Å². The van der Waals surface area contributed by atoms with Crippen molar-refractivity contribution in [2.24, 2.45) is 5.73 Å². The molecule has 1 aromatic heterocycles. The van der Waals surface area contributed by atoms with Crippen molar-refractivity contribution in [1.82, 2.24) is 20.0 Å². The van der Waals surface area contributed by atoms with Gasteiger partial charge in [0.15, 0.2) is 0 Å². The van der Waals surface area contributed by atoms with Crippen molar-refractivity contribution in [2.45, 2.75) is 19.0 Å². The molecule has 2 aromatic carbocycles. The quantitative estimate of drug-likeness (QED) is 0.494. The first-order chi connectivity index (χ1) is 15.4. The number of nitrogens with zero attached hydrogens (tertiary/aromatic N) is 3. The second kappa shape index (κ2) is 11.1.